The van der Waals surface area contributed by atoms with Gasteiger partial charge >= 0.3 is 6.03 Å². The zero-order valence-electron chi connectivity index (χ0n) is 13.7. The number of urea groups is 1. The van der Waals surface area contributed by atoms with Crippen molar-refractivity contribution in [1.29, 1.82) is 0 Å². The van der Waals surface area contributed by atoms with Crippen LogP contribution in [0.4, 0.5) is 25.0 Å². The fraction of sp³-hybridized carbons (Fsp3) is 0.118. The van der Waals surface area contributed by atoms with Gasteiger partial charge < -0.3 is 21.3 Å². The van der Waals surface area contributed by atoms with Crippen LogP contribution in [-0.4, -0.2) is 31.4 Å². The maximum atomic E-state index is 13.5. The van der Waals surface area contributed by atoms with Gasteiger partial charge in [0.2, 0.25) is 5.91 Å². The fourth-order valence-electron chi connectivity index (χ4n) is 2.00. The number of hydrogen-bond acceptors (Lipinski definition) is 3. The Hall–Kier alpha value is -3.49. The third kappa shape index (κ3) is 5.26. The van der Waals surface area contributed by atoms with Crippen LogP contribution in [0.3, 0.4) is 0 Å². The quantitative estimate of drug-likeness (QED) is 0.655. The van der Waals surface area contributed by atoms with E-state index in [4.69, 9.17) is 0 Å². The molecule has 0 aliphatic rings. The van der Waals surface area contributed by atoms with Gasteiger partial charge in [-0.3, -0.25) is 9.59 Å². The maximum absolute atomic E-state index is 13.5. The molecule has 7 nitrogen and oxygen atoms in total. The molecule has 0 saturated heterocycles. The van der Waals surface area contributed by atoms with Gasteiger partial charge in [0, 0.05) is 24.5 Å². The standard InChI is InChI=1S/C17H16F2N4O3/c1-20-17(26)23-12-4-2-3-11(8-12)22-15(24)9-21-16(25)13-6-5-10(18)7-14(13)19/h2-8H,9H2,1H3,(H,21,25)(H,22,24)(H2,20,23,26). The zero-order valence-corrected chi connectivity index (χ0v) is 13.7. The highest BCUT2D eigenvalue weighted by atomic mass is 19.1. The van der Waals surface area contributed by atoms with Crippen molar-refractivity contribution in [1.82, 2.24) is 10.6 Å². The first-order valence-corrected chi connectivity index (χ1v) is 7.51. The van der Waals surface area contributed by atoms with Gasteiger partial charge in [0.15, 0.2) is 0 Å². The third-order valence-corrected chi connectivity index (χ3v) is 3.22. The van der Waals surface area contributed by atoms with Gasteiger partial charge in [0.05, 0.1) is 12.1 Å². The largest absolute Gasteiger partial charge is 0.343 e. The number of amides is 4. The molecular formula is C17H16F2N4O3. The van der Waals surface area contributed by atoms with E-state index >= 15 is 0 Å². The average Bonchev–Trinajstić information content (AvgIpc) is 2.60. The Bertz CT molecular complexity index is 843. The van der Waals surface area contributed by atoms with Gasteiger partial charge in [-0.15, -0.1) is 0 Å². The van der Waals surface area contributed by atoms with Gasteiger partial charge in [-0.1, -0.05) is 6.07 Å². The topological polar surface area (TPSA) is 99.3 Å². The van der Waals surface area contributed by atoms with Crippen molar-refractivity contribution in [2.45, 2.75) is 0 Å². The van der Waals surface area contributed by atoms with Crippen molar-refractivity contribution in [3.05, 3.63) is 59.7 Å². The lowest BCUT2D eigenvalue weighted by Crippen LogP contribution is -2.33. The predicted octanol–water partition coefficient (Wildman–Crippen LogP) is 2.08. The molecule has 0 saturated carbocycles. The van der Waals surface area contributed by atoms with E-state index in [0.29, 0.717) is 17.4 Å². The molecule has 2 aromatic rings. The Morgan fingerprint density at radius 1 is 0.962 bits per heavy atom. The lowest BCUT2D eigenvalue weighted by atomic mass is 10.2. The zero-order chi connectivity index (χ0) is 19.1. The molecule has 0 spiro atoms. The number of anilines is 2. The van der Waals surface area contributed by atoms with E-state index in [2.05, 4.69) is 21.3 Å². The molecule has 2 rings (SSSR count). The fourth-order valence-corrected chi connectivity index (χ4v) is 2.00. The minimum atomic E-state index is -1.02. The van der Waals surface area contributed by atoms with Crippen LogP contribution in [0, 0.1) is 11.6 Å². The molecule has 0 fully saturated rings. The molecule has 0 radical (unpaired) electrons. The van der Waals surface area contributed by atoms with Gasteiger partial charge in [0.1, 0.15) is 11.6 Å². The monoisotopic (exact) mass is 362 g/mol. The van der Waals surface area contributed by atoms with E-state index in [-0.39, 0.29) is 5.56 Å². The molecule has 0 heterocycles. The molecule has 136 valence electrons. The van der Waals surface area contributed by atoms with E-state index in [1.54, 1.807) is 18.2 Å². The summed E-state index contributed by atoms with van der Waals surface area (Å²) in [5.41, 5.74) is 0.488. The average molecular weight is 362 g/mol. The van der Waals surface area contributed by atoms with Gasteiger partial charge in [-0.05, 0) is 30.3 Å². The minimum Gasteiger partial charge on any atom is -0.343 e. The lowest BCUT2D eigenvalue weighted by Gasteiger charge is -2.09. The van der Waals surface area contributed by atoms with Crippen LogP contribution in [0.2, 0.25) is 0 Å². The molecular weight excluding hydrogens is 346 g/mol. The van der Waals surface area contributed by atoms with Crippen LogP contribution in [0.25, 0.3) is 0 Å². The van der Waals surface area contributed by atoms with Crippen LogP contribution in [0.5, 0.6) is 0 Å². The normalized spacial score (nSPS) is 9.96. The summed E-state index contributed by atoms with van der Waals surface area (Å²) in [6.07, 6.45) is 0. The van der Waals surface area contributed by atoms with Gasteiger partial charge in [-0.2, -0.15) is 0 Å². The summed E-state index contributed by atoms with van der Waals surface area (Å²) >= 11 is 0. The molecule has 0 aliphatic heterocycles. The smallest absolute Gasteiger partial charge is 0.318 e. The van der Waals surface area contributed by atoms with E-state index in [0.717, 1.165) is 12.1 Å². The number of halogens is 2. The van der Waals surface area contributed by atoms with Crippen molar-refractivity contribution >= 4 is 29.2 Å². The molecule has 0 unspecified atom stereocenters. The van der Waals surface area contributed by atoms with E-state index in [9.17, 15) is 23.2 Å². The Balaban J connectivity index is 1.91. The first kappa shape index (κ1) is 18.8. The number of benzene rings is 2. The summed E-state index contributed by atoms with van der Waals surface area (Å²) in [5.74, 6) is -3.22. The molecule has 0 bridgehead atoms. The van der Waals surface area contributed by atoms with Crippen LogP contribution in [0.1, 0.15) is 10.4 Å². The van der Waals surface area contributed by atoms with Crippen molar-refractivity contribution in [3.63, 3.8) is 0 Å². The highest BCUT2D eigenvalue weighted by molar-refractivity contribution is 5.99. The summed E-state index contributed by atoms with van der Waals surface area (Å²) < 4.78 is 26.3. The number of carbonyl (C=O) groups is 3. The molecule has 26 heavy (non-hydrogen) atoms. The highest BCUT2D eigenvalue weighted by Crippen LogP contribution is 2.15. The van der Waals surface area contributed by atoms with Crippen molar-refractivity contribution in [2.75, 3.05) is 24.2 Å². The molecule has 0 aliphatic carbocycles. The Labute approximate surface area is 147 Å². The highest BCUT2D eigenvalue weighted by Gasteiger charge is 2.13. The second-order valence-corrected chi connectivity index (χ2v) is 5.14. The summed E-state index contributed by atoms with van der Waals surface area (Å²) in [6, 6.07) is 8.47. The number of rotatable bonds is 5. The van der Waals surface area contributed by atoms with Crippen LogP contribution >= 0.6 is 0 Å². The summed E-state index contributed by atoms with van der Waals surface area (Å²) in [7, 11) is 1.47. The van der Waals surface area contributed by atoms with Crippen LogP contribution in [0.15, 0.2) is 42.5 Å². The molecule has 4 N–H and O–H groups in total. The van der Waals surface area contributed by atoms with Crippen molar-refractivity contribution in [3.8, 4) is 0 Å². The predicted molar refractivity (Wildman–Crippen MR) is 91.8 cm³/mol. The lowest BCUT2D eigenvalue weighted by molar-refractivity contribution is -0.115. The van der Waals surface area contributed by atoms with E-state index in [1.165, 1.54) is 13.1 Å². The number of nitrogens with one attached hydrogen (secondary N) is 4. The summed E-state index contributed by atoms with van der Waals surface area (Å²) in [5, 5.41) is 9.70. The SMILES string of the molecule is CNC(=O)Nc1cccc(NC(=O)CNC(=O)c2ccc(F)cc2F)c1. The first-order valence-electron chi connectivity index (χ1n) is 7.51. The first-order chi connectivity index (χ1) is 12.4. The summed E-state index contributed by atoms with van der Waals surface area (Å²) in [6.45, 7) is -0.414. The second-order valence-electron chi connectivity index (χ2n) is 5.14. The Kier molecular flexibility index (Phi) is 6.20. The molecule has 4 amide bonds. The van der Waals surface area contributed by atoms with Crippen LogP contribution in [-0.2, 0) is 4.79 Å². The van der Waals surface area contributed by atoms with Gasteiger partial charge in [-0.25, -0.2) is 13.6 Å². The maximum Gasteiger partial charge on any atom is 0.318 e. The Morgan fingerprint density at radius 2 is 1.65 bits per heavy atom. The number of carbonyl (C=O) groups excluding carboxylic acids is 3. The minimum absolute atomic E-state index is 0.365. The molecule has 0 aromatic heterocycles. The van der Waals surface area contributed by atoms with E-state index in [1.807, 2.05) is 0 Å². The third-order valence-electron chi connectivity index (χ3n) is 3.22. The number of hydrogen-bond donors (Lipinski definition) is 4. The van der Waals surface area contributed by atoms with Gasteiger partial charge in [0.25, 0.3) is 5.91 Å². The molecule has 0 atom stereocenters. The summed E-state index contributed by atoms with van der Waals surface area (Å²) in [4.78, 5) is 35.0. The second kappa shape index (κ2) is 8.56. The molecule has 2 aromatic carbocycles. The molecule has 9 heteroatoms. The van der Waals surface area contributed by atoms with Crippen LogP contribution < -0.4 is 21.3 Å². The van der Waals surface area contributed by atoms with Crippen molar-refractivity contribution in [2.24, 2.45) is 0 Å². The van der Waals surface area contributed by atoms with Crippen molar-refractivity contribution < 1.29 is 23.2 Å². The Morgan fingerprint density at radius 3 is 2.31 bits per heavy atom. The van der Waals surface area contributed by atoms with E-state index < -0.39 is 36.0 Å².